The van der Waals surface area contributed by atoms with Crippen LogP contribution >= 0.6 is 0 Å². The van der Waals surface area contributed by atoms with E-state index in [9.17, 15) is 9.90 Å². The Bertz CT molecular complexity index is 1060. The topological polar surface area (TPSA) is 100 Å². The van der Waals surface area contributed by atoms with Crippen LogP contribution in [0.4, 0.5) is 11.4 Å². The van der Waals surface area contributed by atoms with Crippen molar-refractivity contribution in [1.29, 1.82) is 0 Å². The Kier molecular flexibility index (Phi) is 6.50. The van der Waals surface area contributed by atoms with Crippen LogP contribution in [0.5, 0.6) is 0 Å². The van der Waals surface area contributed by atoms with Crippen LogP contribution in [0.3, 0.4) is 0 Å². The highest BCUT2D eigenvalue weighted by Crippen LogP contribution is 2.19. The summed E-state index contributed by atoms with van der Waals surface area (Å²) in [7, 11) is 1.70. The molecule has 1 amide bonds. The Balaban J connectivity index is 1.76. The highest BCUT2D eigenvalue weighted by molar-refractivity contribution is 6.09. The van der Waals surface area contributed by atoms with Crippen LogP contribution in [0, 0.1) is 0 Å². The van der Waals surface area contributed by atoms with Crippen molar-refractivity contribution < 1.29 is 9.90 Å². The van der Waals surface area contributed by atoms with Gasteiger partial charge in [0.2, 0.25) is 5.91 Å². The molecule has 0 atom stereocenters. The van der Waals surface area contributed by atoms with E-state index in [1.54, 1.807) is 31.5 Å². The van der Waals surface area contributed by atoms with Gasteiger partial charge in [0.05, 0.1) is 12.3 Å². The van der Waals surface area contributed by atoms with E-state index in [1.807, 2.05) is 54.6 Å². The van der Waals surface area contributed by atoms with Crippen LogP contribution in [0.1, 0.15) is 27.0 Å². The van der Waals surface area contributed by atoms with Crippen molar-refractivity contribution in [2.75, 3.05) is 12.4 Å². The fourth-order valence-corrected chi connectivity index (χ4v) is 2.88. The number of benzene rings is 3. The molecule has 0 aliphatic carbocycles. The van der Waals surface area contributed by atoms with Gasteiger partial charge in [-0.05, 0) is 35.9 Å². The van der Waals surface area contributed by atoms with Crippen molar-refractivity contribution in [2.45, 2.75) is 6.61 Å². The molecule has 29 heavy (non-hydrogen) atoms. The second kappa shape index (κ2) is 9.43. The largest absolute Gasteiger partial charge is 0.392 e. The molecule has 0 aliphatic heterocycles. The molecule has 0 saturated heterocycles. The number of carbonyl (C=O) groups excluding carboxylic acids is 1. The maximum Gasteiger partial charge on any atom is 0.249 e. The second-order valence-corrected chi connectivity index (χ2v) is 6.27. The first kappa shape index (κ1) is 20.0. The number of amides is 1. The van der Waals surface area contributed by atoms with Crippen LogP contribution in [0.2, 0.25) is 0 Å². The summed E-state index contributed by atoms with van der Waals surface area (Å²) in [5, 5.41) is 12.8. The average Bonchev–Trinajstić information content (AvgIpc) is 2.77. The number of nitrogens with one attached hydrogen (secondary N) is 1. The zero-order valence-corrected chi connectivity index (χ0v) is 16.0. The summed E-state index contributed by atoms with van der Waals surface area (Å²) >= 11 is 0. The van der Waals surface area contributed by atoms with Crippen LogP contribution < -0.4 is 11.1 Å². The first-order valence-corrected chi connectivity index (χ1v) is 9.08. The minimum atomic E-state index is -0.485. The molecule has 3 aromatic rings. The van der Waals surface area contributed by atoms with Crippen LogP contribution in [0.15, 0.2) is 82.8 Å². The number of hydrogen-bond donors (Lipinski definition) is 3. The van der Waals surface area contributed by atoms with E-state index in [0.717, 1.165) is 22.5 Å². The fourth-order valence-electron chi connectivity index (χ4n) is 2.88. The summed E-state index contributed by atoms with van der Waals surface area (Å²) < 4.78 is 0. The van der Waals surface area contributed by atoms with Crippen molar-refractivity contribution in [3.05, 3.63) is 95.1 Å². The van der Waals surface area contributed by atoms with E-state index in [1.165, 1.54) is 0 Å². The summed E-state index contributed by atoms with van der Waals surface area (Å²) in [6, 6.07) is 22.1. The predicted octanol–water partition coefficient (Wildman–Crippen LogP) is 3.52. The third-order valence-electron chi connectivity index (χ3n) is 4.38. The van der Waals surface area contributed by atoms with Crippen molar-refractivity contribution in [2.24, 2.45) is 15.7 Å². The SMILES string of the molecule is CN=C(Nc1ccc(N=Cc2ccccc2C(N)=O)cc1)c1ccccc1CO. The number of aliphatic imine (C=N–C) groups is 2. The summed E-state index contributed by atoms with van der Waals surface area (Å²) in [6.45, 7) is -0.0582. The summed E-state index contributed by atoms with van der Waals surface area (Å²) in [6.07, 6.45) is 1.62. The third kappa shape index (κ3) is 4.94. The lowest BCUT2D eigenvalue weighted by atomic mass is 10.1. The molecule has 0 fully saturated rings. The van der Waals surface area contributed by atoms with Gasteiger partial charge >= 0.3 is 0 Å². The van der Waals surface area contributed by atoms with E-state index < -0.39 is 5.91 Å². The van der Waals surface area contributed by atoms with Crippen molar-refractivity contribution in [3.8, 4) is 0 Å². The molecule has 4 N–H and O–H groups in total. The van der Waals surface area contributed by atoms with Crippen molar-refractivity contribution in [1.82, 2.24) is 0 Å². The number of carbonyl (C=O) groups is 1. The van der Waals surface area contributed by atoms with Crippen LogP contribution in [-0.2, 0) is 6.61 Å². The quantitative estimate of drug-likeness (QED) is 0.446. The molecule has 6 heteroatoms. The van der Waals surface area contributed by atoms with Gasteiger partial charge in [0.15, 0.2) is 0 Å². The first-order chi connectivity index (χ1) is 14.1. The van der Waals surface area contributed by atoms with E-state index >= 15 is 0 Å². The minimum absolute atomic E-state index is 0.0582. The average molecular weight is 386 g/mol. The molecule has 6 nitrogen and oxygen atoms in total. The van der Waals surface area contributed by atoms with Gasteiger partial charge in [0.1, 0.15) is 5.84 Å². The molecule has 0 radical (unpaired) electrons. The molecule has 0 saturated carbocycles. The van der Waals surface area contributed by atoms with Crippen LogP contribution in [0.25, 0.3) is 0 Å². The maximum atomic E-state index is 11.5. The highest BCUT2D eigenvalue weighted by atomic mass is 16.3. The van der Waals surface area contributed by atoms with Gasteiger partial charge in [-0.2, -0.15) is 0 Å². The van der Waals surface area contributed by atoms with E-state index in [0.29, 0.717) is 17.0 Å². The third-order valence-corrected chi connectivity index (χ3v) is 4.38. The molecule has 146 valence electrons. The number of primary amides is 1. The number of aliphatic hydroxyl groups is 1. The molecular formula is C23H22N4O2. The summed E-state index contributed by atoms with van der Waals surface area (Å²) in [5.74, 6) is 0.183. The second-order valence-electron chi connectivity index (χ2n) is 6.27. The Labute approximate surface area is 169 Å². The van der Waals surface area contributed by atoms with Gasteiger partial charge in [-0.15, -0.1) is 0 Å². The minimum Gasteiger partial charge on any atom is -0.392 e. The maximum absolute atomic E-state index is 11.5. The lowest BCUT2D eigenvalue weighted by molar-refractivity contribution is 0.1000. The first-order valence-electron chi connectivity index (χ1n) is 9.08. The number of anilines is 1. The zero-order valence-electron chi connectivity index (χ0n) is 16.0. The van der Waals surface area contributed by atoms with Gasteiger partial charge in [-0.1, -0.05) is 42.5 Å². The van der Waals surface area contributed by atoms with Crippen LogP contribution in [-0.4, -0.2) is 30.1 Å². The standard InChI is InChI=1S/C23H22N4O2/c1-25-23(21-9-5-3-7-17(21)15-28)27-19-12-10-18(11-13-19)26-14-16-6-2-4-8-20(16)22(24)29/h2-14,28H,15H2,1H3,(H2,24,29)(H,25,27). The monoisotopic (exact) mass is 386 g/mol. The van der Waals surface area contributed by atoms with Gasteiger partial charge in [0.25, 0.3) is 0 Å². The Morgan fingerprint density at radius 2 is 1.66 bits per heavy atom. The van der Waals surface area contributed by atoms with Gasteiger partial charge in [-0.3, -0.25) is 14.8 Å². The number of aliphatic hydroxyl groups excluding tert-OH is 1. The highest BCUT2D eigenvalue weighted by Gasteiger charge is 2.08. The predicted molar refractivity (Wildman–Crippen MR) is 117 cm³/mol. The number of nitrogens with zero attached hydrogens (tertiary/aromatic N) is 2. The Hall–Kier alpha value is -3.77. The summed E-state index contributed by atoms with van der Waals surface area (Å²) in [4.78, 5) is 20.2. The molecule has 0 unspecified atom stereocenters. The van der Waals surface area contributed by atoms with Crippen molar-refractivity contribution >= 4 is 29.3 Å². The normalized spacial score (nSPS) is 11.6. The van der Waals surface area contributed by atoms with Gasteiger partial charge < -0.3 is 16.2 Å². The number of hydrogen-bond acceptors (Lipinski definition) is 4. The Morgan fingerprint density at radius 1 is 1.00 bits per heavy atom. The van der Waals surface area contributed by atoms with Gasteiger partial charge in [0, 0.05) is 35.6 Å². The van der Waals surface area contributed by atoms with E-state index in [2.05, 4.69) is 15.3 Å². The molecule has 3 rings (SSSR count). The molecular weight excluding hydrogens is 364 g/mol. The summed E-state index contributed by atoms with van der Waals surface area (Å²) in [5.41, 5.74) is 9.73. The van der Waals surface area contributed by atoms with E-state index in [4.69, 9.17) is 5.73 Å². The molecule has 3 aromatic carbocycles. The van der Waals surface area contributed by atoms with Crippen molar-refractivity contribution in [3.63, 3.8) is 0 Å². The van der Waals surface area contributed by atoms with Gasteiger partial charge in [-0.25, -0.2) is 0 Å². The molecule has 0 heterocycles. The Morgan fingerprint density at radius 3 is 2.31 bits per heavy atom. The molecule has 0 spiro atoms. The fraction of sp³-hybridized carbons (Fsp3) is 0.0870. The zero-order chi connectivity index (χ0) is 20.6. The molecule has 0 bridgehead atoms. The molecule has 0 aromatic heterocycles. The molecule has 0 aliphatic rings. The number of amidine groups is 1. The lowest BCUT2D eigenvalue weighted by Crippen LogP contribution is -2.15. The number of rotatable bonds is 6. The van der Waals surface area contributed by atoms with E-state index in [-0.39, 0.29) is 6.61 Å². The smallest absolute Gasteiger partial charge is 0.249 e. The lowest BCUT2D eigenvalue weighted by Gasteiger charge is -2.13. The number of nitrogens with two attached hydrogens (primary N) is 1.